The molecule has 2 bridgehead atoms. The van der Waals surface area contributed by atoms with Crippen molar-refractivity contribution >= 4 is 27.9 Å². The second-order valence-electron chi connectivity index (χ2n) is 4.54. The number of hydrogen-bond acceptors (Lipinski definition) is 4. The number of ether oxygens (including phenoxy) is 1. The molecule has 5 nitrogen and oxygen atoms in total. The summed E-state index contributed by atoms with van der Waals surface area (Å²) >= 11 is 0. The van der Waals surface area contributed by atoms with Crippen LogP contribution in [-0.4, -0.2) is 20.9 Å². The standard InChI is InChI=1S/C10H8N2O2.C6H5N/c1-7(13)14-9-2-3-10-8(4-9)5-11-6-12-10;1-2-6-4-3-5(1)7-6/h2-6H,1H3;1-4,7H. The van der Waals surface area contributed by atoms with Crippen molar-refractivity contribution in [3.8, 4) is 5.75 Å². The number of hydrogen-bond donors (Lipinski definition) is 1. The third-order valence-electron chi connectivity index (χ3n) is 2.91. The van der Waals surface area contributed by atoms with Crippen molar-refractivity contribution in [1.29, 1.82) is 0 Å². The molecule has 4 rings (SSSR count). The average molecular weight is 279 g/mol. The summed E-state index contributed by atoms with van der Waals surface area (Å²) in [6.45, 7) is 1.37. The summed E-state index contributed by atoms with van der Waals surface area (Å²) in [5.41, 5.74) is 3.26. The van der Waals surface area contributed by atoms with E-state index in [9.17, 15) is 4.79 Å². The van der Waals surface area contributed by atoms with Gasteiger partial charge in [0.15, 0.2) is 0 Å². The Bertz CT molecular complexity index is 824. The molecular weight excluding hydrogens is 266 g/mol. The van der Waals surface area contributed by atoms with Crippen LogP contribution in [0.1, 0.15) is 6.92 Å². The summed E-state index contributed by atoms with van der Waals surface area (Å²) in [6.07, 6.45) is 3.16. The molecule has 1 aromatic carbocycles. The minimum atomic E-state index is -0.332. The van der Waals surface area contributed by atoms with E-state index in [1.807, 2.05) is 0 Å². The molecule has 1 N–H and O–H groups in total. The predicted octanol–water partition coefficient (Wildman–Crippen LogP) is 3.16. The van der Waals surface area contributed by atoms with E-state index in [4.69, 9.17) is 4.74 Å². The van der Waals surface area contributed by atoms with Crippen LogP contribution in [-0.2, 0) is 4.79 Å². The fourth-order valence-corrected chi connectivity index (χ4v) is 2.00. The summed E-state index contributed by atoms with van der Waals surface area (Å²) in [5.74, 6) is 0.181. The summed E-state index contributed by atoms with van der Waals surface area (Å²) in [7, 11) is 0. The lowest BCUT2D eigenvalue weighted by molar-refractivity contribution is -0.131. The zero-order valence-electron chi connectivity index (χ0n) is 11.4. The molecule has 4 aromatic rings. The molecule has 0 aliphatic heterocycles. The molecule has 0 spiro atoms. The number of H-pyrrole nitrogens is 1. The lowest BCUT2D eigenvalue weighted by Crippen LogP contribution is -2.01. The Kier molecular flexibility index (Phi) is 3.47. The van der Waals surface area contributed by atoms with Crippen molar-refractivity contribution in [1.82, 2.24) is 15.0 Å². The van der Waals surface area contributed by atoms with Gasteiger partial charge in [0.25, 0.3) is 0 Å². The van der Waals surface area contributed by atoms with Crippen molar-refractivity contribution in [3.63, 3.8) is 0 Å². The van der Waals surface area contributed by atoms with E-state index in [1.165, 1.54) is 24.3 Å². The molecule has 5 heteroatoms. The normalized spacial score (nSPS) is 10.3. The molecule has 0 radical (unpaired) electrons. The number of aromatic amines is 1. The minimum Gasteiger partial charge on any atom is -0.427 e. The van der Waals surface area contributed by atoms with Crippen molar-refractivity contribution in [2.45, 2.75) is 6.92 Å². The van der Waals surface area contributed by atoms with Crippen LogP contribution in [0.15, 0.2) is 55.0 Å². The Balaban J connectivity index is 0.000000156. The van der Waals surface area contributed by atoms with Gasteiger partial charge in [-0.3, -0.25) is 4.79 Å². The van der Waals surface area contributed by atoms with Crippen LogP contribution in [0, 0.1) is 0 Å². The van der Waals surface area contributed by atoms with Gasteiger partial charge in [-0.2, -0.15) is 0 Å². The number of rotatable bonds is 1. The van der Waals surface area contributed by atoms with Crippen molar-refractivity contribution in [2.75, 3.05) is 0 Å². The first-order valence-electron chi connectivity index (χ1n) is 6.46. The smallest absolute Gasteiger partial charge is 0.308 e. The molecule has 21 heavy (non-hydrogen) atoms. The largest absolute Gasteiger partial charge is 0.427 e. The maximum Gasteiger partial charge on any atom is 0.308 e. The number of benzene rings is 2. The highest BCUT2D eigenvalue weighted by molar-refractivity contribution is 5.80. The molecule has 3 aromatic heterocycles. The third-order valence-corrected chi connectivity index (χ3v) is 2.91. The Hall–Kier alpha value is -2.95. The molecule has 0 unspecified atom stereocenters. The fourth-order valence-electron chi connectivity index (χ4n) is 2.00. The molecule has 0 fully saturated rings. The Morgan fingerprint density at radius 2 is 1.81 bits per heavy atom. The number of nitrogens with zero attached hydrogens (tertiary/aromatic N) is 2. The van der Waals surface area contributed by atoms with E-state index in [-0.39, 0.29) is 5.97 Å². The van der Waals surface area contributed by atoms with Crippen LogP contribution < -0.4 is 4.74 Å². The molecule has 0 saturated heterocycles. The molecule has 0 amide bonds. The van der Waals surface area contributed by atoms with E-state index < -0.39 is 0 Å². The second-order valence-corrected chi connectivity index (χ2v) is 4.54. The molecule has 0 saturated carbocycles. The topological polar surface area (TPSA) is 67.9 Å². The van der Waals surface area contributed by atoms with Gasteiger partial charge in [-0.25, -0.2) is 9.97 Å². The van der Waals surface area contributed by atoms with Gasteiger partial charge in [0.1, 0.15) is 12.1 Å². The Morgan fingerprint density at radius 1 is 1.10 bits per heavy atom. The first kappa shape index (κ1) is 13.1. The van der Waals surface area contributed by atoms with Crippen molar-refractivity contribution < 1.29 is 9.53 Å². The maximum absolute atomic E-state index is 10.7. The molecule has 0 atom stereocenters. The van der Waals surface area contributed by atoms with Crippen LogP contribution in [0.2, 0.25) is 0 Å². The number of esters is 1. The first-order chi connectivity index (χ1) is 10.2. The van der Waals surface area contributed by atoms with E-state index in [2.05, 4.69) is 39.2 Å². The van der Waals surface area contributed by atoms with Gasteiger partial charge in [0.2, 0.25) is 0 Å². The van der Waals surface area contributed by atoms with E-state index in [1.54, 1.807) is 24.4 Å². The van der Waals surface area contributed by atoms with Crippen LogP contribution >= 0.6 is 0 Å². The quantitative estimate of drug-likeness (QED) is 0.429. The van der Waals surface area contributed by atoms with Crippen molar-refractivity contribution in [2.24, 2.45) is 0 Å². The average Bonchev–Trinajstić information content (AvgIpc) is 3.12. The summed E-state index contributed by atoms with van der Waals surface area (Å²) in [5, 5.41) is 0.853. The molecule has 0 aliphatic carbocycles. The molecular formula is C16H13N3O2. The van der Waals surface area contributed by atoms with E-state index in [0.717, 1.165) is 10.9 Å². The third kappa shape index (κ3) is 3.14. The van der Waals surface area contributed by atoms with Gasteiger partial charge in [-0.1, -0.05) is 0 Å². The summed E-state index contributed by atoms with van der Waals surface area (Å²) in [6, 6.07) is 13.5. The number of nitrogens with one attached hydrogen (secondary N) is 1. The van der Waals surface area contributed by atoms with E-state index >= 15 is 0 Å². The lowest BCUT2D eigenvalue weighted by atomic mass is 10.2. The minimum absolute atomic E-state index is 0.332. The molecule has 3 heterocycles. The van der Waals surface area contributed by atoms with Gasteiger partial charge in [0, 0.05) is 29.5 Å². The fraction of sp³-hybridized carbons (Fsp3) is 0.0625. The van der Waals surface area contributed by atoms with Gasteiger partial charge in [0.05, 0.1) is 5.52 Å². The molecule has 0 aliphatic rings. The van der Waals surface area contributed by atoms with Crippen LogP contribution in [0.5, 0.6) is 5.75 Å². The zero-order chi connectivity index (χ0) is 14.7. The molecule has 104 valence electrons. The number of carbonyl (C=O) groups is 1. The van der Waals surface area contributed by atoms with Gasteiger partial charge >= 0.3 is 5.97 Å². The van der Waals surface area contributed by atoms with Gasteiger partial charge in [-0.15, -0.1) is 0 Å². The van der Waals surface area contributed by atoms with Crippen LogP contribution in [0.25, 0.3) is 21.9 Å². The highest BCUT2D eigenvalue weighted by atomic mass is 16.5. The predicted molar refractivity (Wildman–Crippen MR) is 80.3 cm³/mol. The monoisotopic (exact) mass is 279 g/mol. The Labute approximate surface area is 120 Å². The second kappa shape index (κ2) is 5.58. The van der Waals surface area contributed by atoms with Gasteiger partial charge in [-0.05, 0) is 42.5 Å². The lowest BCUT2D eigenvalue weighted by Gasteiger charge is -2.01. The van der Waals surface area contributed by atoms with E-state index in [0.29, 0.717) is 5.75 Å². The van der Waals surface area contributed by atoms with Crippen LogP contribution in [0.3, 0.4) is 0 Å². The number of carbonyl (C=O) groups excluding carboxylic acids is 1. The highest BCUT2D eigenvalue weighted by Gasteiger charge is 2.00. The summed E-state index contributed by atoms with van der Waals surface area (Å²) in [4.78, 5) is 21.8. The van der Waals surface area contributed by atoms with Gasteiger partial charge < -0.3 is 9.72 Å². The first-order valence-corrected chi connectivity index (χ1v) is 6.46. The Morgan fingerprint density at radius 3 is 2.38 bits per heavy atom. The number of fused-ring (bicyclic) bond motifs is 3. The van der Waals surface area contributed by atoms with Crippen LogP contribution in [0.4, 0.5) is 0 Å². The number of aromatic nitrogens is 3. The zero-order valence-corrected chi connectivity index (χ0v) is 11.4. The highest BCUT2D eigenvalue weighted by Crippen LogP contribution is 2.18. The summed E-state index contributed by atoms with van der Waals surface area (Å²) < 4.78 is 4.93. The SMILES string of the molecule is CC(=O)Oc1ccc2ncncc2c1.c1cc2ccc1[nH]2. The van der Waals surface area contributed by atoms with Crippen molar-refractivity contribution in [3.05, 3.63) is 55.0 Å². The maximum atomic E-state index is 10.7.